The average Bonchev–Trinajstić information content (AvgIpc) is 3.26. The van der Waals surface area contributed by atoms with Gasteiger partial charge >= 0.3 is 6.18 Å². The number of H-pyrrole nitrogens is 1. The normalized spacial score (nSPS) is 11.6. The second-order valence-corrected chi connectivity index (χ2v) is 6.66. The molecule has 0 unspecified atom stereocenters. The average molecular weight is 412 g/mol. The molecular formula is C20H15F3N6O. The van der Waals surface area contributed by atoms with Crippen LogP contribution in [0.2, 0.25) is 0 Å². The molecule has 0 aliphatic heterocycles. The van der Waals surface area contributed by atoms with Gasteiger partial charge in [0.1, 0.15) is 6.33 Å². The Morgan fingerprint density at radius 2 is 1.90 bits per heavy atom. The fourth-order valence-electron chi connectivity index (χ4n) is 3.10. The number of anilines is 1. The summed E-state index contributed by atoms with van der Waals surface area (Å²) < 4.78 is 38.6. The van der Waals surface area contributed by atoms with Crippen LogP contribution in [0.4, 0.5) is 18.9 Å². The molecule has 2 heterocycles. The number of alkyl halides is 3. The first-order chi connectivity index (χ1) is 14.2. The number of halogens is 3. The minimum atomic E-state index is -4.42. The summed E-state index contributed by atoms with van der Waals surface area (Å²) in [6.45, 7) is 1.83. The third-order valence-electron chi connectivity index (χ3n) is 4.65. The maximum atomic E-state index is 12.9. The summed E-state index contributed by atoms with van der Waals surface area (Å²) in [5, 5.41) is 6.51. The van der Waals surface area contributed by atoms with E-state index < -0.39 is 11.7 Å². The van der Waals surface area contributed by atoms with Crippen molar-refractivity contribution in [3.05, 3.63) is 65.9 Å². The molecule has 0 aliphatic carbocycles. The molecule has 4 aromatic rings. The van der Waals surface area contributed by atoms with Gasteiger partial charge in [0.25, 0.3) is 5.91 Å². The van der Waals surface area contributed by atoms with Gasteiger partial charge < -0.3 is 4.90 Å². The number of benzene rings is 2. The quantitative estimate of drug-likeness (QED) is 0.549. The van der Waals surface area contributed by atoms with Crippen LogP contribution >= 0.6 is 0 Å². The summed E-state index contributed by atoms with van der Waals surface area (Å²) in [6, 6.07) is 8.66. The third-order valence-corrected chi connectivity index (χ3v) is 4.65. The van der Waals surface area contributed by atoms with E-state index in [0.29, 0.717) is 28.0 Å². The van der Waals surface area contributed by atoms with E-state index in [9.17, 15) is 18.0 Å². The van der Waals surface area contributed by atoms with Crippen molar-refractivity contribution in [3.63, 3.8) is 0 Å². The zero-order valence-electron chi connectivity index (χ0n) is 15.9. The predicted molar refractivity (Wildman–Crippen MR) is 104 cm³/mol. The number of fused-ring (bicyclic) bond motifs is 1. The van der Waals surface area contributed by atoms with Crippen molar-refractivity contribution < 1.29 is 18.0 Å². The lowest BCUT2D eigenvalue weighted by molar-refractivity contribution is -0.137. The standard InChI is InChI=1S/C20H15F3N6O/c1-11-7-12(3-6-16(11)29(2)19(30)18-25-10-26-28-18)17-24-9-13-8-14(20(21,22)23)4-5-15(13)27-17/h3-10H,1-2H3,(H,25,26,28). The molecule has 0 saturated carbocycles. The Kier molecular flexibility index (Phi) is 4.69. The lowest BCUT2D eigenvalue weighted by atomic mass is 10.1. The Labute approximate surface area is 168 Å². The molecule has 2 aromatic heterocycles. The summed E-state index contributed by atoms with van der Waals surface area (Å²) in [7, 11) is 1.62. The molecule has 1 amide bonds. The van der Waals surface area contributed by atoms with Crippen LogP contribution in [0.5, 0.6) is 0 Å². The molecule has 152 valence electrons. The molecule has 0 fully saturated rings. The zero-order valence-corrected chi connectivity index (χ0v) is 15.9. The van der Waals surface area contributed by atoms with Crippen LogP contribution in [0.15, 0.2) is 48.9 Å². The number of hydrogen-bond acceptors (Lipinski definition) is 5. The number of aromatic nitrogens is 5. The van der Waals surface area contributed by atoms with Crippen molar-refractivity contribution in [1.29, 1.82) is 0 Å². The van der Waals surface area contributed by atoms with E-state index in [1.807, 2.05) is 13.0 Å². The first kappa shape index (κ1) is 19.5. The predicted octanol–water partition coefficient (Wildman–Crippen LogP) is 4.02. The second-order valence-electron chi connectivity index (χ2n) is 6.66. The molecule has 30 heavy (non-hydrogen) atoms. The molecule has 0 aliphatic rings. The Balaban J connectivity index is 1.65. The first-order valence-electron chi connectivity index (χ1n) is 8.82. The van der Waals surface area contributed by atoms with Crippen LogP contribution in [0.25, 0.3) is 22.3 Å². The van der Waals surface area contributed by atoms with Crippen molar-refractivity contribution in [3.8, 4) is 11.4 Å². The van der Waals surface area contributed by atoms with Crippen molar-refractivity contribution in [2.45, 2.75) is 13.1 Å². The molecule has 1 N–H and O–H groups in total. The van der Waals surface area contributed by atoms with E-state index in [-0.39, 0.29) is 11.7 Å². The highest BCUT2D eigenvalue weighted by molar-refractivity contribution is 6.03. The van der Waals surface area contributed by atoms with Crippen LogP contribution in [0.1, 0.15) is 21.7 Å². The Hall–Kier alpha value is -3.82. The van der Waals surface area contributed by atoms with Gasteiger partial charge in [0.15, 0.2) is 5.82 Å². The maximum absolute atomic E-state index is 12.9. The Bertz CT molecular complexity index is 1240. The van der Waals surface area contributed by atoms with Gasteiger partial charge in [0.2, 0.25) is 5.82 Å². The highest BCUT2D eigenvalue weighted by Crippen LogP contribution is 2.32. The van der Waals surface area contributed by atoms with E-state index in [1.165, 1.54) is 23.5 Å². The van der Waals surface area contributed by atoms with Crippen LogP contribution in [0, 0.1) is 6.92 Å². The molecule has 0 spiro atoms. The zero-order chi connectivity index (χ0) is 21.5. The van der Waals surface area contributed by atoms with Gasteiger partial charge in [0, 0.05) is 29.9 Å². The topological polar surface area (TPSA) is 87.7 Å². The molecule has 0 atom stereocenters. The van der Waals surface area contributed by atoms with Crippen molar-refractivity contribution in [2.75, 3.05) is 11.9 Å². The SMILES string of the molecule is Cc1cc(-c2ncc3cc(C(F)(F)F)ccc3n2)ccc1N(C)C(=O)c1ncn[nH]1. The van der Waals surface area contributed by atoms with Gasteiger partial charge in [-0.1, -0.05) is 0 Å². The maximum Gasteiger partial charge on any atom is 0.416 e. The number of amides is 1. The molecule has 7 nitrogen and oxygen atoms in total. The summed E-state index contributed by atoms with van der Waals surface area (Å²) >= 11 is 0. The lowest BCUT2D eigenvalue weighted by Gasteiger charge is -2.19. The number of carbonyl (C=O) groups excluding carboxylic acids is 1. The smallest absolute Gasteiger partial charge is 0.308 e. The molecule has 4 rings (SSSR count). The van der Waals surface area contributed by atoms with Gasteiger partial charge in [0.05, 0.1) is 11.1 Å². The molecule has 2 aromatic carbocycles. The van der Waals surface area contributed by atoms with E-state index in [2.05, 4.69) is 25.1 Å². The van der Waals surface area contributed by atoms with Gasteiger partial charge in [-0.3, -0.25) is 9.89 Å². The van der Waals surface area contributed by atoms with Crippen molar-refractivity contribution in [2.24, 2.45) is 0 Å². The van der Waals surface area contributed by atoms with Gasteiger partial charge in [-0.25, -0.2) is 15.0 Å². The number of aryl methyl sites for hydroxylation is 1. The lowest BCUT2D eigenvalue weighted by Crippen LogP contribution is -2.28. The highest BCUT2D eigenvalue weighted by atomic mass is 19.4. The number of hydrogen-bond donors (Lipinski definition) is 1. The minimum absolute atomic E-state index is 0.122. The number of nitrogens with zero attached hydrogens (tertiary/aromatic N) is 5. The second kappa shape index (κ2) is 7.21. The molecule has 0 bridgehead atoms. The number of nitrogens with one attached hydrogen (secondary N) is 1. The van der Waals surface area contributed by atoms with Gasteiger partial charge in [-0.2, -0.15) is 18.3 Å². The molecule has 0 saturated heterocycles. The summed E-state index contributed by atoms with van der Waals surface area (Å²) in [6.07, 6.45) is -1.80. The van der Waals surface area contributed by atoms with Crippen LogP contribution in [-0.4, -0.2) is 38.1 Å². The van der Waals surface area contributed by atoms with E-state index in [4.69, 9.17) is 0 Å². The van der Waals surface area contributed by atoms with Gasteiger partial charge in [-0.15, -0.1) is 0 Å². The van der Waals surface area contributed by atoms with E-state index in [0.717, 1.165) is 17.7 Å². The molecular weight excluding hydrogens is 397 g/mol. The van der Waals surface area contributed by atoms with Crippen LogP contribution in [0.3, 0.4) is 0 Å². The number of rotatable bonds is 3. The molecule has 0 radical (unpaired) electrons. The summed E-state index contributed by atoms with van der Waals surface area (Å²) in [5.41, 5.74) is 1.80. The largest absolute Gasteiger partial charge is 0.416 e. The monoisotopic (exact) mass is 412 g/mol. The highest BCUT2D eigenvalue weighted by Gasteiger charge is 2.30. The van der Waals surface area contributed by atoms with Crippen LogP contribution in [-0.2, 0) is 6.18 Å². The molecule has 10 heteroatoms. The number of aromatic amines is 1. The Morgan fingerprint density at radius 3 is 2.57 bits per heavy atom. The summed E-state index contributed by atoms with van der Waals surface area (Å²) in [5.74, 6) is 0.156. The minimum Gasteiger partial charge on any atom is -0.308 e. The Morgan fingerprint density at radius 1 is 1.10 bits per heavy atom. The third kappa shape index (κ3) is 3.59. The van der Waals surface area contributed by atoms with E-state index >= 15 is 0 Å². The number of carbonyl (C=O) groups is 1. The first-order valence-corrected chi connectivity index (χ1v) is 8.82. The van der Waals surface area contributed by atoms with Crippen molar-refractivity contribution >= 4 is 22.5 Å². The van der Waals surface area contributed by atoms with E-state index in [1.54, 1.807) is 19.2 Å². The summed E-state index contributed by atoms with van der Waals surface area (Å²) in [4.78, 5) is 26.3. The van der Waals surface area contributed by atoms with Gasteiger partial charge in [-0.05, 0) is 48.9 Å². The fourth-order valence-corrected chi connectivity index (χ4v) is 3.10. The fraction of sp³-hybridized carbons (Fsp3) is 0.150. The van der Waals surface area contributed by atoms with Crippen molar-refractivity contribution in [1.82, 2.24) is 25.1 Å². The van der Waals surface area contributed by atoms with Crippen LogP contribution < -0.4 is 4.90 Å².